The first-order valence-corrected chi connectivity index (χ1v) is 8.50. The molecule has 2 fully saturated rings. The van der Waals surface area contributed by atoms with Crippen LogP contribution in [0, 0.1) is 0 Å². The topological polar surface area (TPSA) is 105 Å². The van der Waals surface area contributed by atoms with E-state index in [-0.39, 0.29) is 6.61 Å². The highest BCUT2D eigenvalue weighted by atomic mass is 32.2. The van der Waals surface area contributed by atoms with Crippen LogP contribution < -0.4 is 10.1 Å². The summed E-state index contributed by atoms with van der Waals surface area (Å²) in [5.74, 6) is -1.46. The first kappa shape index (κ1) is 17.6. The molecule has 2 aliphatic heterocycles. The fourth-order valence-corrected chi connectivity index (χ4v) is 4.54. The summed E-state index contributed by atoms with van der Waals surface area (Å²) in [6, 6.07) is 6.97. The number of β-lactam (4-membered cyclic amide) rings is 1. The lowest BCUT2D eigenvalue weighted by Gasteiger charge is -2.43. The second kappa shape index (κ2) is 6.57. The lowest BCUT2D eigenvalue weighted by Crippen LogP contribution is -2.71. The molecule has 0 unspecified atom stereocenters. The lowest BCUT2D eigenvalue weighted by atomic mass is 10.0. The van der Waals surface area contributed by atoms with Gasteiger partial charge in [0, 0.05) is 7.11 Å². The number of ether oxygens (including phenoxy) is 2. The Labute approximate surface area is 148 Å². The summed E-state index contributed by atoms with van der Waals surface area (Å²) in [7, 11) is 1.40. The third-order valence-corrected chi connectivity index (χ3v) is 5.88. The molecule has 0 saturated carbocycles. The molecule has 2 amide bonds. The van der Waals surface area contributed by atoms with E-state index in [2.05, 4.69) is 5.32 Å². The first-order valence-electron chi connectivity index (χ1n) is 7.62. The molecule has 0 bridgehead atoms. The zero-order valence-electron chi connectivity index (χ0n) is 13.7. The van der Waals surface area contributed by atoms with E-state index in [1.165, 1.54) is 23.8 Å². The van der Waals surface area contributed by atoms with E-state index in [1.54, 1.807) is 31.2 Å². The van der Waals surface area contributed by atoms with Crippen molar-refractivity contribution >= 4 is 29.5 Å². The van der Waals surface area contributed by atoms with Gasteiger partial charge in [0.05, 0.1) is 0 Å². The van der Waals surface area contributed by atoms with E-state index in [0.29, 0.717) is 5.75 Å². The van der Waals surface area contributed by atoms with Crippen LogP contribution >= 0.6 is 11.8 Å². The van der Waals surface area contributed by atoms with Crippen molar-refractivity contribution < 1.29 is 29.0 Å². The molecule has 3 rings (SSSR count). The Balaban J connectivity index is 1.61. The van der Waals surface area contributed by atoms with E-state index in [4.69, 9.17) is 9.47 Å². The number of carboxylic acids is 1. The van der Waals surface area contributed by atoms with E-state index < -0.39 is 40.2 Å². The first-order chi connectivity index (χ1) is 11.9. The third kappa shape index (κ3) is 3.05. The maximum absolute atomic E-state index is 12.3. The monoisotopic (exact) mass is 366 g/mol. The van der Waals surface area contributed by atoms with Gasteiger partial charge in [0.25, 0.3) is 5.91 Å². The number of fused-ring (bicyclic) bond motifs is 1. The average Bonchev–Trinajstić information content (AvgIpc) is 2.89. The van der Waals surface area contributed by atoms with Gasteiger partial charge in [-0.1, -0.05) is 30.0 Å². The number of thioether (sulfide) groups is 1. The highest BCUT2D eigenvalue weighted by molar-refractivity contribution is 8.01. The Hall–Kier alpha value is -2.26. The minimum absolute atomic E-state index is 0.227. The smallest absolute Gasteiger partial charge is 0.330 e. The molecule has 0 aliphatic carbocycles. The number of aliphatic carboxylic acids is 1. The largest absolute Gasteiger partial charge is 0.484 e. The third-order valence-electron chi connectivity index (χ3n) is 4.28. The van der Waals surface area contributed by atoms with Gasteiger partial charge in [-0.15, -0.1) is 0 Å². The van der Waals surface area contributed by atoms with Gasteiger partial charge in [0.15, 0.2) is 12.6 Å². The van der Waals surface area contributed by atoms with Crippen LogP contribution in [-0.4, -0.2) is 63.9 Å². The van der Waals surface area contributed by atoms with E-state index in [9.17, 15) is 19.5 Å². The minimum atomic E-state index is -1.13. The van der Waals surface area contributed by atoms with E-state index in [1.807, 2.05) is 6.07 Å². The number of amides is 2. The summed E-state index contributed by atoms with van der Waals surface area (Å²) in [4.78, 5) is 36.0. The van der Waals surface area contributed by atoms with Crippen LogP contribution in [0.25, 0.3) is 0 Å². The molecule has 134 valence electrons. The van der Waals surface area contributed by atoms with Gasteiger partial charge < -0.3 is 24.8 Å². The second-order valence-corrected chi connectivity index (χ2v) is 7.39. The maximum atomic E-state index is 12.3. The van der Waals surface area contributed by atoms with Crippen molar-refractivity contribution in [1.29, 1.82) is 0 Å². The van der Waals surface area contributed by atoms with Crippen molar-refractivity contribution in [3.63, 3.8) is 0 Å². The van der Waals surface area contributed by atoms with Crippen molar-refractivity contribution in [3.05, 3.63) is 30.3 Å². The molecule has 2 saturated heterocycles. The number of hydrogen-bond donors (Lipinski definition) is 2. The molecular weight excluding hydrogens is 348 g/mol. The summed E-state index contributed by atoms with van der Waals surface area (Å²) < 4.78 is 10.7. The Morgan fingerprint density at radius 1 is 1.36 bits per heavy atom. The summed E-state index contributed by atoms with van der Waals surface area (Å²) >= 11 is 1.21. The van der Waals surface area contributed by atoms with Gasteiger partial charge in [-0.05, 0) is 19.1 Å². The molecule has 8 nitrogen and oxygen atoms in total. The molecule has 2 heterocycles. The van der Waals surface area contributed by atoms with Gasteiger partial charge in [0.1, 0.15) is 22.1 Å². The summed E-state index contributed by atoms with van der Waals surface area (Å²) in [6.45, 7) is 1.40. The predicted octanol–water partition coefficient (Wildman–Crippen LogP) is 0.281. The SMILES string of the molecule is CO[C@@]1(C)S[C@@H]2[C@H](NC(=O)COc3ccccc3)C(=O)N2[C@H]1C(=O)O. The Kier molecular flexibility index (Phi) is 4.61. The zero-order chi connectivity index (χ0) is 18.2. The number of hydrogen-bond acceptors (Lipinski definition) is 6. The van der Waals surface area contributed by atoms with Crippen LogP contribution in [0.4, 0.5) is 0 Å². The van der Waals surface area contributed by atoms with Crippen molar-refractivity contribution in [2.45, 2.75) is 29.3 Å². The van der Waals surface area contributed by atoms with Gasteiger partial charge >= 0.3 is 5.97 Å². The number of rotatable bonds is 6. The number of nitrogens with zero attached hydrogens (tertiary/aromatic N) is 1. The number of carbonyl (C=O) groups is 3. The molecule has 1 aromatic rings. The van der Waals surface area contributed by atoms with Gasteiger partial charge in [-0.2, -0.15) is 0 Å². The lowest BCUT2D eigenvalue weighted by molar-refractivity contribution is -0.166. The molecule has 2 N–H and O–H groups in total. The van der Waals surface area contributed by atoms with E-state index >= 15 is 0 Å². The Bertz CT molecular complexity index is 699. The molecule has 9 heteroatoms. The quantitative estimate of drug-likeness (QED) is 0.697. The van der Waals surface area contributed by atoms with Crippen LogP contribution in [0.1, 0.15) is 6.92 Å². The number of benzene rings is 1. The number of para-hydroxylation sites is 1. The molecule has 0 aromatic heterocycles. The molecule has 0 radical (unpaired) electrons. The summed E-state index contributed by atoms with van der Waals surface area (Å²) in [6.07, 6.45) is 0. The van der Waals surface area contributed by atoms with E-state index in [0.717, 1.165) is 0 Å². The van der Waals surface area contributed by atoms with Crippen LogP contribution in [0.2, 0.25) is 0 Å². The molecular formula is C16H18N2O6S. The highest BCUT2D eigenvalue weighted by Gasteiger charge is 2.66. The minimum Gasteiger partial charge on any atom is -0.484 e. The molecule has 25 heavy (non-hydrogen) atoms. The summed E-state index contributed by atoms with van der Waals surface area (Å²) in [5.41, 5.74) is 0. The van der Waals surface area contributed by atoms with Gasteiger partial charge in [-0.25, -0.2) is 4.79 Å². The van der Waals surface area contributed by atoms with Crippen molar-refractivity contribution in [2.75, 3.05) is 13.7 Å². The van der Waals surface area contributed by atoms with Gasteiger partial charge in [-0.3, -0.25) is 9.59 Å². The Morgan fingerprint density at radius 2 is 2.04 bits per heavy atom. The Morgan fingerprint density at radius 3 is 2.64 bits per heavy atom. The van der Waals surface area contributed by atoms with Crippen LogP contribution in [0.3, 0.4) is 0 Å². The fraction of sp³-hybridized carbons (Fsp3) is 0.438. The summed E-state index contributed by atoms with van der Waals surface area (Å²) in [5, 5.41) is 11.5. The molecule has 2 aliphatic rings. The van der Waals surface area contributed by atoms with Gasteiger partial charge in [0.2, 0.25) is 5.91 Å². The average molecular weight is 366 g/mol. The molecule has 1 aromatic carbocycles. The van der Waals surface area contributed by atoms with Crippen LogP contribution in [0.15, 0.2) is 30.3 Å². The molecule has 0 spiro atoms. The maximum Gasteiger partial charge on any atom is 0.330 e. The predicted molar refractivity (Wildman–Crippen MR) is 88.9 cm³/mol. The molecule has 4 atom stereocenters. The van der Waals surface area contributed by atoms with Crippen molar-refractivity contribution in [2.24, 2.45) is 0 Å². The number of carboxylic acid groups (broad SMARTS) is 1. The van der Waals surface area contributed by atoms with Crippen molar-refractivity contribution in [1.82, 2.24) is 10.2 Å². The number of methoxy groups -OCH3 is 1. The fourth-order valence-electron chi connectivity index (χ4n) is 2.96. The van der Waals surface area contributed by atoms with Crippen molar-refractivity contribution in [3.8, 4) is 5.75 Å². The van der Waals surface area contributed by atoms with Crippen LogP contribution in [-0.2, 0) is 19.1 Å². The standard InChI is InChI=1S/C16H18N2O6S/c1-16(23-2)12(15(21)22)18-13(20)11(14(18)25-16)17-10(19)8-24-9-6-4-3-5-7-9/h3-7,11-12,14H,8H2,1-2H3,(H,17,19)(H,21,22)/t11-,12+,14-,16+/m1/s1. The number of carbonyl (C=O) groups excluding carboxylic acids is 2. The highest BCUT2D eigenvalue weighted by Crippen LogP contribution is 2.51. The number of nitrogens with one attached hydrogen (secondary N) is 1. The van der Waals surface area contributed by atoms with Crippen LogP contribution in [0.5, 0.6) is 5.75 Å². The normalized spacial score (nSPS) is 30.4. The second-order valence-electron chi connectivity index (χ2n) is 5.86. The zero-order valence-corrected chi connectivity index (χ0v) is 14.5.